The van der Waals surface area contributed by atoms with Gasteiger partial charge in [0.2, 0.25) is 0 Å². The summed E-state index contributed by atoms with van der Waals surface area (Å²) >= 11 is 0. The van der Waals surface area contributed by atoms with Crippen LogP contribution in [0.3, 0.4) is 0 Å². The third kappa shape index (κ3) is 2.65. The molecule has 2 aliphatic rings. The molecule has 1 aromatic carbocycles. The zero-order valence-electron chi connectivity index (χ0n) is 11.0. The number of hydrogen-bond donors (Lipinski definition) is 2. The summed E-state index contributed by atoms with van der Waals surface area (Å²) in [5.74, 6) is 0.0996. The molecule has 4 heteroatoms. The van der Waals surface area contributed by atoms with Crippen molar-refractivity contribution in [1.82, 2.24) is 10.2 Å². The first kappa shape index (κ1) is 12.6. The van der Waals surface area contributed by atoms with Gasteiger partial charge < -0.3 is 15.3 Å². The summed E-state index contributed by atoms with van der Waals surface area (Å²) < 4.78 is 0. The number of benzene rings is 1. The topological polar surface area (TPSA) is 52.6 Å². The molecular formula is C15H20N2O2. The highest BCUT2D eigenvalue weighted by Gasteiger charge is 2.45. The zero-order chi connectivity index (χ0) is 13.2. The van der Waals surface area contributed by atoms with E-state index in [-0.39, 0.29) is 12.0 Å². The fourth-order valence-electron chi connectivity index (χ4n) is 3.40. The molecule has 1 aromatic rings. The van der Waals surface area contributed by atoms with Gasteiger partial charge >= 0.3 is 5.97 Å². The van der Waals surface area contributed by atoms with Gasteiger partial charge in [0.05, 0.1) is 0 Å². The summed E-state index contributed by atoms with van der Waals surface area (Å²) in [6.45, 7) is 3.84. The molecule has 2 heterocycles. The first-order valence-electron chi connectivity index (χ1n) is 6.96. The van der Waals surface area contributed by atoms with Gasteiger partial charge in [-0.3, -0.25) is 4.79 Å². The average Bonchev–Trinajstić information content (AvgIpc) is 2.96. The lowest BCUT2D eigenvalue weighted by Gasteiger charge is -2.18. The van der Waals surface area contributed by atoms with Gasteiger partial charge in [0.1, 0.15) is 6.04 Å². The second-order valence-electron chi connectivity index (χ2n) is 5.64. The molecule has 0 aliphatic carbocycles. The van der Waals surface area contributed by atoms with E-state index in [9.17, 15) is 9.90 Å². The predicted octanol–water partition coefficient (Wildman–Crippen LogP) is 0.834. The SMILES string of the molecule is O=C(O)C1NCC2CN(CCc3ccccc3)CC21. The minimum atomic E-state index is -0.697. The Balaban J connectivity index is 1.54. The Morgan fingerprint density at radius 3 is 2.84 bits per heavy atom. The molecule has 0 aromatic heterocycles. The van der Waals surface area contributed by atoms with Crippen molar-refractivity contribution in [3.05, 3.63) is 35.9 Å². The van der Waals surface area contributed by atoms with E-state index in [0.717, 1.165) is 32.6 Å². The number of carbonyl (C=O) groups is 1. The van der Waals surface area contributed by atoms with Crippen LogP contribution in [0.2, 0.25) is 0 Å². The third-order valence-corrected chi connectivity index (χ3v) is 4.42. The van der Waals surface area contributed by atoms with Crippen molar-refractivity contribution in [1.29, 1.82) is 0 Å². The largest absolute Gasteiger partial charge is 0.480 e. The van der Waals surface area contributed by atoms with Crippen LogP contribution in [0.4, 0.5) is 0 Å². The summed E-state index contributed by atoms with van der Waals surface area (Å²) in [6.07, 6.45) is 1.05. The Kier molecular flexibility index (Phi) is 3.53. The van der Waals surface area contributed by atoms with Crippen LogP contribution < -0.4 is 5.32 Å². The Labute approximate surface area is 113 Å². The van der Waals surface area contributed by atoms with E-state index in [1.165, 1.54) is 5.56 Å². The maximum atomic E-state index is 11.1. The molecule has 0 spiro atoms. The number of nitrogens with one attached hydrogen (secondary N) is 1. The van der Waals surface area contributed by atoms with Crippen LogP contribution in [0.1, 0.15) is 5.56 Å². The summed E-state index contributed by atoms with van der Waals surface area (Å²) in [5.41, 5.74) is 1.35. The molecule has 2 N–H and O–H groups in total. The average molecular weight is 260 g/mol. The van der Waals surface area contributed by atoms with Crippen LogP contribution in [-0.4, -0.2) is 48.2 Å². The van der Waals surface area contributed by atoms with E-state index in [1.54, 1.807) is 0 Å². The number of carboxylic acid groups (broad SMARTS) is 1. The van der Waals surface area contributed by atoms with E-state index in [0.29, 0.717) is 5.92 Å². The minimum Gasteiger partial charge on any atom is -0.480 e. The molecular weight excluding hydrogens is 240 g/mol. The molecule has 19 heavy (non-hydrogen) atoms. The van der Waals surface area contributed by atoms with E-state index < -0.39 is 5.97 Å². The summed E-state index contributed by atoms with van der Waals surface area (Å²) in [5, 5.41) is 12.3. The second-order valence-corrected chi connectivity index (χ2v) is 5.64. The summed E-state index contributed by atoms with van der Waals surface area (Å²) in [4.78, 5) is 13.6. The quantitative estimate of drug-likeness (QED) is 0.842. The molecule has 102 valence electrons. The van der Waals surface area contributed by atoms with E-state index in [4.69, 9.17) is 0 Å². The van der Waals surface area contributed by atoms with Crippen LogP contribution in [0, 0.1) is 11.8 Å². The van der Waals surface area contributed by atoms with Crippen LogP contribution in [-0.2, 0) is 11.2 Å². The Bertz CT molecular complexity index is 449. The highest BCUT2D eigenvalue weighted by molar-refractivity contribution is 5.74. The molecule has 0 saturated carbocycles. The van der Waals surface area contributed by atoms with Crippen molar-refractivity contribution >= 4 is 5.97 Å². The van der Waals surface area contributed by atoms with Gasteiger partial charge in [0.15, 0.2) is 0 Å². The zero-order valence-corrected chi connectivity index (χ0v) is 11.0. The first-order valence-corrected chi connectivity index (χ1v) is 6.96. The smallest absolute Gasteiger partial charge is 0.321 e. The van der Waals surface area contributed by atoms with Crippen molar-refractivity contribution in [3.63, 3.8) is 0 Å². The van der Waals surface area contributed by atoms with Crippen LogP contribution in [0.5, 0.6) is 0 Å². The predicted molar refractivity (Wildman–Crippen MR) is 73.0 cm³/mol. The van der Waals surface area contributed by atoms with Gasteiger partial charge in [-0.15, -0.1) is 0 Å². The van der Waals surface area contributed by atoms with E-state index in [2.05, 4.69) is 34.5 Å². The fraction of sp³-hybridized carbons (Fsp3) is 0.533. The highest BCUT2D eigenvalue weighted by atomic mass is 16.4. The first-order chi connectivity index (χ1) is 9.24. The number of rotatable bonds is 4. The standard InChI is InChI=1S/C15H20N2O2/c18-15(19)14-13-10-17(9-12(13)8-16-14)7-6-11-4-2-1-3-5-11/h1-5,12-14,16H,6-10H2,(H,18,19). The number of aliphatic carboxylic acids is 1. The third-order valence-electron chi connectivity index (χ3n) is 4.42. The molecule has 2 saturated heterocycles. The number of fused-ring (bicyclic) bond motifs is 1. The minimum absolute atomic E-state index is 0.285. The van der Waals surface area contributed by atoms with Crippen LogP contribution >= 0.6 is 0 Å². The molecule has 0 radical (unpaired) electrons. The number of likely N-dealkylation sites (tertiary alicyclic amines) is 1. The second kappa shape index (κ2) is 5.31. The highest BCUT2D eigenvalue weighted by Crippen LogP contribution is 2.30. The Morgan fingerprint density at radius 1 is 1.32 bits per heavy atom. The summed E-state index contributed by atoms with van der Waals surface area (Å²) in [7, 11) is 0. The van der Waals surface area contributed by atoms with Gasteiger partial charge in [-0.1, -0.05) is 30.3 Å². The molecule has 0 amide bonds. The lowest BCUT2D eigenvalue weighted by molar-refractivity contribution is -0.140. The van der Waals surface area contributed by atoms with E-state index in [1.807, 2.05) is 6.07 Å². The van der Waals surface area contributed by atoms with Gasteiger partial charge in [-0.05, 0) is 17.9 Å². The fourth-order valence-corrected chi connectivity index (χ4v) is 3.40. The van der Waals surface area contributed by atoms with Crippen LogP contribution in [0.25, 0.3) is 0 Å². The molecule has 2 aliphatic heterocycles. The van der Waals surface area contributed by atoms with Crippen molar-refractivity contribution in [2.45, 2.75) is 12.5 Å². The van der Waals surface area contributed by atoms with Gasteiger partial charge in [0.25, 0.3) is 0 Å². The van der Waals surface area contributed by atoms with E-state index >= 15 is 0 Å². The van der Waals surface area contributed by atoms with Gasteiger partial charge in [-0.2, -0.15) is 0 Å². The molecule has 3 atom stereocenters. The lowest BCUT2D eigenvalue weighted by atomic mass is 9.94. The Morgan fingerprint density at radius 2 is 2.11 bits per heavy atom. The van der Waals surface area contributed by atoms with Gasteiger partial charge in [0, 0.05) is 32.1 Å². The van der Waals surface area contributed by atoms with Gasteiger partial charge in [-0.25, -0.2) is 0 Å². The number of carboxylic acids is 1. The maximum absolute atomic E-state index is 11.1. The monoisotopic (exact) mass is 260 g/mol. The van der Waals surface area contributed by atoms with Crippen molar-refractivity contribution in [2.24, 2.45) is 11.8 Å². The van der Waals surface area contributed by atoms with Crippen molar-refractivity contribution in [2.75, 3.05) is 26.2 Å². The number of hydrogen-bond acceptors (Lipinski definition) is 3. The molecule has 3 rings (SSSR count). The van der Waals surface area contributed by atoms with Crippen LogP contribution in [0.15, 0.2) is 30.3 Å². The normalized spacial score (nSPS) is 30.4. The van der Waals surface area contributed by atoms with Crippen molar-refractivity contribution < 1.29 is 9.90 Å². The maximum Gasteiger partial charge on any atom is 0.321 e. The molecule has 4 nitrogen and oxygen atoms in total. The van der Waals surface area contributed by atoms with Crippen molar-refractivity contribution in [3.8, 4) is 0 Å². The summed E-state index contributed by atoms with van der Waals surface area (Å²) in [6, 6.07) is 10.1. The number of nitrogens with zero attached hydrogens (tertiary/aromatic N) is 1. The Hall–Kier alpha value is -1.39. The molecule has 3 unspecified atom stereocenters. The molecule has 2 fully saturated rings. The lowest BCUT2D eigenvalue weighted by Crippen LogP contribution is -2.39. The molecule has 0 bridgehead atoms.